The van der Waals surface area contributed by atoms with Gasteiger partial charge in [-0.05, 0) is 83.5 Å². The zero-order valence-corrected chi connectivity index (χ0v) is 54.2. The number of allylic oxidation sites excluding steroid dienone is 16. The second-order valence-electron chi connectivity index (χ2n) is 23.4. The number of carbonyl (C=O) groups excluding carboxylic acids is 3. The van der Waals surface area contributed by atoms with Gasteiger partial charge in [0.15, 0.2) is 6.10 Å². The molecule has 6 nitrogen and oxygen atoms in total. The molecule has 0 bridgehead atoms. The highest BCUT2D eigenvalue weighted by Crippen LogP contribution is 2.18. The monoisotopic (exact) mass is 1140 g/mol. The highest BCUT2D eigenvalue weighted by Gasteiger charge is 2.19. The minimum Gasteiger partial charge on any atom is -0.462 e. The van der Waals surface area contributed by atoms with Gasteiger partial charge in [0.25, 0.3) is 0 Å². The number of rotatable bonds is 64. The first kappa shape index (κ1) is 78.3. The lowest BCUT2D eigenvalue weighted by Crippen LogP contribution is -2.30. The summed E-state index contributed by atoms with van der Waals surface area (Å²) in [6.45, 7) is 6.52. The van der Waals surface area contributed by atoms with Crippen LogP contribution in [-0.2, 0) is 28.6 Å². The molecule has 0 amide bonds. The number of hydrogen-bond donors (Lipinski definition) is 0. The van der Waals surface area contributed by atoms with Gasteiger partial charge in [0, 0.05) is 19.3 Å². The smallest absolute Gasteiger partial charge is 0.306 e. The van der Waals surface area contributed by atoms with Crippen LogP contribution in [0.3, 0.4) is 0 Å². The predicted octanol–water partition coefficient (Wildman–Crippen LogP) is 24.4. The molecule has 0 radical (unpaired) electrons. The Labute approximate surface area is 508 Å². The first-order valence-corrected chi connectivity index (χ1v) is 35.2. The summed E-state index contributed by atoms with van der Waals surface area (Å²) in [5.74, 6) is -0.868. The molecule has 0 rings (SSSR count). The minimum atomic E-state index is -0.774. The van der Waals surface area contributed by atoms with E-state index in [4.69, 9.17) is 14.2 Å². The van der Waals surface area contributed by atoms with Crippen molar-refractivity contribution in [2.75, 3.05) is 13.2 Å². The number of hydrogen-bond acceptors (Lipinski definition) is 6. The van der Waals surface area contributed by atoms with E-state index in [0.29, 0.717) is 19.3 Å². The maximum Gasteiger partial charge on any atom is 0.306 e. The summed E-state index contributed by atoms with van der Waals surface area (Å²) in [5, 5.41) is 0. The minimum absolute atomic E-state index is 0.0735. The Bertz CT molecular complexity index is 1590. The van der Waals surface area contributed by atoms with Crippen LogP contribution in [0.1, 0.15) is 348 Å². The van der Waals surface area contributed by atoms with Gasteiger partial charge in [-0.1, -0.05) is 343 Å². The molecule has 0 aromatic carbocycles. The molecule has 472 valence electrons. The van der Waals surface area contributed by atoms with Gasteiger partial charge in [-0.15, -0.1) is 0 Å². The summed E-state index contributed by atoms with van der Waals surface area (Å²) in [4.78, 5) is 38.2. The summed E-state index contributed by atoms with van der Waals surface area (Å²) in [6, 6.07) is 0. The van der Waals surface area contributed by atoms with Crippen LogP contribution < -0.4 is 0 Å². The lowest BCUT2D eigenvalue weighted by atomic mass is 10.0. The van der Waals surface area contributed by atoms with Gasteiger partial charge in [-0.25, -0.2) is 0 Å². The molecule has 82 heavy (non-hydrogen) atoms. The van der Waals surface area contributed by atoms with E-state index in [2.05, 4.69) is 118 Å². The first-order chi connectivity index (χ1) is 40.5. The Balaban J connectivity index is 4.07. The molecule has 0 N–H and O–H groups in total. The summed E-state index contributed by atoms with van der Waals surface area (Å²) in [7, 11) is 0. The van der Waals surface area contributed by atoms with Gasteiger partial charge in [0.2, 0.25) is 0 Å². The van der Waals surface area contributed by atoms with Crippen LogP contribution in [0.4, 0.5) is 0 Å². The Morgan fingerprint density at radius 3 is 0.744 bits per heavy atom. The molecule has 0 saturated carbocycles. The molecule has 1 atom stereocenters. The molecule has 1 unspecified atom stereocenters. The molecule has 0 aromatic heterocycles. The third kappa shape index (κ3) is 67.1. The van der Waals surface area contributed by atoms with Crippen molar-refractivity contribution < 1.29 is 28.6 Å². The number of esters is 3. The van der Waals surface area contributed by atoms with E-state index < -0.39 is 6.10 Å². The van der Waals surface area contributed by atoms with E-state index in [1.165, 1.54) is 199 Å². The van der Waals surface area contributed by atoms with Crippen LogP contribution in [0.5, 0.6) is 0 Å². The number of ether oxygens (including phenoxy) is 3. The van der Waals surface area contributed by atoms with Crippen LogP contribution in [0, 0.1) is 0 Å². The van der Waals surface area contributed by atoms with Crippen molar-refractivity contribution >= 4 is 17.9 Å². The van der Waals surface area contributed by atoms with Gasteiger partial charge in [0.1, 0.15) is 13.2 Å². The van der Waals surface area contributed by atoms with Crippen molar-refractivity contribution in [3.05, 3.63) is 97.2 Å². The van der Waals surface area contributed by atoms with E-state index in [1.54, 1.807) is 0 Å². The van der Waals surface area contributed by atoms with Crippen molar-refractivity contribution in [1.29, 1.82) is 0 Å². The normalized spacial score (nSPS) is 12.7. The standard InChI is InChI=1S/C76H132O6/c1-4-7-10-13-16-18-20-22-24-26-28-30-32-33-34-35-36-37-38-39-40-41-42-43-44-46-47-49-51-53-55-57-60-63-66-69-75(78)81-72-73(71-80-74(77)68-65-62-59-15-12-9-6-3)82-76(79)70-67-64-61-58-56-54-52-50-48-45-31-29-27-25-23-21-19-17-14-11-8-5-2/h7,10,16,18,22,24,28,30,33-34,36-37,39-40,42-43,73H,4-6,8-9,11-15,17,19-21,23,25-27,29,31-32,35,38,41,44-72H2,1-3H3/b10-7-,18-16-,24-22-,30-28-,34-33-,37-36-,40-39-,43-42-. The average molecular weight is 1140 g/mol. The first-order valence-electron chi connectivity index (χ1n) is 35.2. The van der Waals surface area contributed by atoms with Crippen LogP contribution in [0.25, 0.3) is 0 Å². The quantitative estimate of drug-likeness (QED) is 0.0261. The van der Waals surface area contributed by atoms with Crippen molar-refractivity contribution in [2.45, 2.75) is 354 Å². The summed E-state index contributed by atoms with van der Waals surface area (Å²) >= 11 is 0. The molecule has 0 aromatic rings. The van der Waals surface area contributed by atoms with E-state index in [1.807, 2.05) is 0 Å². The van der Waals surface area contributed by atoms with Gasteiger partial charge in [-0.3, -0.25) is 14.4 Å². The lowest BCUT2D eigenvalue weighted by Gasteiger charge is -2.18. The fourth-order valence-corrected chi connectivity index (χ4v) is 10.1. The maximum atomic E-state index is 12.9. The van der Waals surface area contributed by atoms with Crippen LogP contribution in [-0.4, -0.2) is 37.2 Å². The Hall–Kier alpha value is -3.67. The lowest BCUT2D eigenvalue weighted by molar-refractivity contribution is -0.167. The van der Waals surface area contributed by atoms with Crippen molar-refractivity contribution in [2.24, 2.45) is 0 Å². The molecule has 0 aliphatic rings. The second kappa shape index (κ2) is 69.8. The topological polar surface area (TPSA) is 78.9 Å². The third-order valence-electron chi connectivity index (χ3n) is 15.4. The summed E-state index contributed by atoms with van der Waals surface area (Å²) < 4.78 is 16.9. The van der Waals surface area contributed by atoms with Gasteiger partial charge >= 0.3 is 17.9 Å². The van der Waals surface area contributed by atoms with E-state index in [0.717, 1.165) is 109 Å². The Kier molecular flexibility index (Phi) is 66.7. The van der Waals surface area contributed by atoms with Gasteiger partial charge < -0.3 is 14.2 Å². The largest absolute Gasteiger partial charge is 0.462 e. The van der Waals surface area contributed by atoms with Crippen molar-refractivity contribution in [3.8, 4) is 0 Å². The number of carbonyl (C=O) groups is 3. The zero-order chi connectivity index (χ0) is 59.2. The molecule has 0 heterocycles. The molecule has 0 spiro atoms. The molecule has 0 aliphatic heterocycles. The molecule has 6 heteroatoms. The fraction of sp³-hybridized carbons (Fsp3) is 0.750. The summed E-state index contributed by atoms with van der Waals surface area (Å²) in [5.41, 5.74) is 0. The number of unbranched alkanes of at least 4 members (excludes halogenated alkanes) is 37. The van der Waals surface area contributed by atoms with Crippen LogP contribution in [0.2, 0.25) is 0 Å². The van der Waals surface area contributed by atoms with E-state index in [9.17, 15) is 14.4 Å². The van der Waals surface area contributed by atoms with E-state index >= 15 is 0 Å². The highest BCUT2D eigenvalue weighted by atomic mass is 16.6. The highest BCUT2D eigenvalue weighted by molar-refractivity contribution is 5.71. The Morgan fingerprint density at radius 1 is 0.256 bits per heavy atom. The summed E-state index contributed by atoms with van der Waals surface area (Å²) in [6.07, 6.45) is 94.6. The fourth-order valence-electron chi connectivity index (χ4n) is 10.1. The van der Waals surface area contributed by atoms with Crippen molar-refractivity contribution in [1.82, 2.24) is 0 Å². The van der Waals surface area contributed by atoms with Crippen LogP contribution >= 0.6 is 0 Å². The third-order valence-corrected chi connectivity index (χ3v) is 15.4. The van der Waals surface area contributed by atoms with Gasteiger partial charge in [-0.2, -0.15) is 0 Å². The SMILES string of the molecule is CC/C=C\C/C=C\C/C=C\C/C=C\C/C=C\C/C=C\C/C=C\C/C=C\CCCCCCCCCCCCC(=O)OCC(COC(=O)CCCCCCCCC)OC(=O)CCCCCCCCCCCCCCCCCCCCCCCC. The average Bonchev–Trinajstić information content (AvgIpc) is 3.48. The zero-order valence-electron chi connectivity index (χ0n) is 54.2. The molecular weight excluding hydrogens is 1010 g/mol. The maximum absolute atomic E-state index is 12.9. The molecule has 0 fully saturated rings. The molecule has 0 aliphatic carbocycles. The molecule has 0 saturated heterocycles. The Morgan fingerprint density at radius 2 is 0.476 bits per heavy atom. The van der Waals surface area contributed by atoms with Gasteiger partial charge in [0.05, 0.1) is 0 Å². The predicted molar refractivity (Wildman–Crippen MR) is 357 cm³/mol. The second-order valence-corrected chi connectivity index (χ2v) is 23.4. The van der Waals surface area contributed by atoms with E-state index in [-0.39, 0.29) is 31.1 Å². The van der Waals surface area contributed by atoms with Crippen LogP contribution in [0.15, 0.2) is 97.2 Å². The van der Waals surface area contributed by atoms with Crippen molar-refractivity contribution in [3.63, 3.8) is 0 Å². The molecular formula is C76H132O6.